The minimum atomic E-state index is -0.859. The summed E-state index contributed by atoms with van der Waals surface area (Å²) in [4.78, 5) is 40.6. The summed E-state index contributed by atoms with van der Waals surface area (Å²) < 4.78 is 19.1. The summed E-state index contributed by atoms with van der Waals surface area (Å²) in [7, 11) is 0. The van der Waals surface area contributed by atoms with Crippen LogP contribution < -0.4 is 0 Å². The lowest BCUT2D eigenvalue weighted by atomic mass is 9.91. The molecule has 1 atom stereocenters. The van der Waals surface area contributed by atoms with Crippen molar-refractivity contribution < 1.29 is 23.5 Å². The zero-order chi connectivity index (χ0) is 20.9. The molecule has 0 aromatic heterocycles. The first-order valence-corrected chi connectivity index (χ1v) is 10.1. The number of nitrogens with zero attached hydrogens (tertiary/aromatic N) is 2. The summed E-state index contributed by atoms with van der Waals surface area (Å²) in [5, 5.41) is 0. The van der Waals surface area contributed by atoms with Gasteiger partial charge in [0.25, 0.3) is 0 Å². The third kappa shape index (κ3) is 5.02. The van der Waals surface area contributed by atoms with E-state index in [-0.39, 0.29) is 24.8 Å². The van der Waals surface area contributed by atoms with Gasteiger partial charge in [-0.25, -0.2) is 4.39 Å². The van der Waals surface area contributed by atoms with Crippen molar-refractivity contribution in [2.24, 2.45) is 0 Å². The van der Waals surface area contributed by atoms with E-state index in [0.29, 0.717) is 24.9 Å². The standard InChI is InChI=1S/C22H27FN2O4/c1-17(26)29-16-22(15-21(28)24-12-4-5-13-24)11-6-14-25(22)20(27)10-9-18-7-2-3-8-19(18)23/h2-3,7-10H,4-6,11-16H2,1H3/b10-9+. The van der Waals surface area contributed by atoms with Gasteiger partial charge in [-0.3, -0.25) is 14.4 Å². The SMILES string of the molecule is CC(=O)OCC1(CC(=O)N2CCCC2)CCCN1C(=O)/C=C/c1ccccc1F. The highest BCUT2D eigenvalue weighted by molar-refractivity contribution is 5.93. The molecule has 2 aliphatic rings. The highest BCUT2D eigenvalue weighted by Gasteiger charge is 2.46. The number of carbonyl (C=O) groups excluding carboxylic acids is 3. The minimum Gasteiger partial charge on any atom is -0.463 e. The Kier molecular flexibility index (Phi) is 6.67. The van der Waals surface area contributed by atoms with Gasteiger partial charge in [0.1, 0.15) is 12.4 Å². The normalized spacial score (nSPS) is 21.7. The van der Waals surface area contributed by atoms with E-state index >= 15 is 0 Å². The van der Waals surface area contributed by atoms with Crippen LogP contribution >= 0.6 is 0 Å². The van der Waals surface area contributed by atoms with Gasteiger partial charge in [0.15, 0.2) is 0 Å². The maximum atomic E-state index is 13.8. The number of hydrogen-bond donors (Lipinski definition) is 0. The number of amides is 2. The third-order valence-corrected chi connectivity index (χ3v) is 5.66. The van der Waals surface area contributed by atoms with Gasteiger partial charge in [0, 0.05) is 38.2 Å². The van der Waals surface area contributed by atoms with Gasteiger partial charge < -0.3 is 14.5 Å². The van der Waals surface area contributed by atoms with Crippen LogP contribution in [0.15, 0.2) is 30.3 Å². The molecule has 1 unspecified atom stereocenters. The Morgan fingerprint density at radius 3 is 2.55 bits per heavy atom. The Morgan fingerprint density at radius 1 is 1.14 bits per heavy atom. The molecule has 6 nitrogen and oxygen atoms in total. The Bertz CT molecular complexity index is 804. The first-order chi connectivity index (χ1) is 13.9. The van der Waals surface area contributed by atoms with Crippen molar-refractivity contribution in [1.29, 1.82) is 0 Å². The fraction of sp³-hybridized carbons (Fsp3) is 0.500. The van der Waals surface area contributed by atoms with Gasteiger partial charge in [0.05, 0.1) is 12.0 Å². The summed E-state index contributed by atoms with van der Waals surface area (Å²) >= 11 is 0. The fourth-order valence-corrected chi connectivity index (χ4v) is 4.12. The third-order valence-electron chi connectivity index (χ3n) is 5.66. The summed E-state index contributed by atoms with van der Waals surface area (Å²) in [5.41, 5.74) is -0.541. The van der Waals surface area contributed by atoms with Crippen molar-refractivity contribution in [3.63, 3.8) is 0 Å². The van der Waals surface area contributed by atoms with Gasteiger partial charge in [-0.15, -0.1) is 0 Å². The molecule has 2 saturated heterocycles. The average molecular weight is 402 g/mol. The first kappa shape index (κ1) is 21.0. The van der Waals surface area contributed by atoms with Gasteiger partial charge in [-0.2, -0.15) is 0 Å². The minimum absolute atomic E-state index is 0.0127. The van der Waals surface area contributed by atoms with E-state index in [1.54, 1.807) is 23.1 Å². The van der Waals surface area contributed by atoms with Crippen molar-refractivity contribution in [1.82, 2.24) is 9.80 Å². The number of carbonyl (C=O) groups is 3. The van der Waals surface area contributed by atoms with Crippen molar-refractivity contribution in [2.45, 2.75) is 44.6 Å². The molecule has 29 heavy (non-hydrogen) atoms. The van der Waals surface area contributed by atoms with Gasteiger partial charge in [-0.1, -0.05) is 18.2 Å². The van der Waals surface area contributed by atoms with Crippen LogP contribution in [0.2, 0.25) is 0 Å². The molecule has 0 N–H and O–H groups in total. The largest absolute Gasteiger partial charge is 0.463 e. The molecule has 0 saturated carbocycles. The molecule has 0 radical (unpaired) electrons. The predicted octanol–water partition coefficient (Wildman–Crippen LogP) is 2.78. The highest BCUT2D eigenvalue weighted by atomic mass is 19.1. The summed E-state index contributed by atoms with van der Waals surface area (Å²) in [6, 6.07) is 6.21. The predicted molar refractivity (Wildman–Crippen MR) is 106 cm³/mol. The summed E-state index contributed by atoms with van der Waals surface area (Å²) in [5.74, 6) is -1.19. The van der Waals surface area contributed by atoms with Crippen LogP contribution in [0.1, 0.15) is 44.6 Å². The van der Waals surface area contributed by atoms with Crippen molar-refractivity contribution in [3.8, 4) is 0 Å². The van der Waals surface area contributed by atoms with E-state index in [9.17, 15) is 18.8 Å². The van der Waals surface area contributed by atoms with Crippen LogP contribution in [0.25, 0.3) is 6.08 Å². The maximum Gasteiger partial charge on any atom is 0.302 e. The number of likely N-dealkylation sites (tertiary alicyclic amines) is 2. The Balaban J connectivity index is 1.79. The van der Waals surface area contributed by atoms with Crippen LogP contribution in [0.3, 0.4) is 0 Å². The molecular formula is C22H27FN2O4. The summed E-state index contributed by atoms with van der Waals surface area (Å²) in [6.45, 7) is 3.22. The zero-order valence-electron chi connectivity index (χ0n) is 16.7. The van der Waals surface area contributed by atoms with E-state index in [2.05, 4.69) is 0 Å². The zero-order valence-corrected chi connectivity index (χ0v) is 16.7. The molecule has 0 aliphatic carbocycles. The highest BCUT2D eigenvalue weighted by Crippen LogP contribution is 2.34. The second-order valence-corrected chi connectivity index (χ2v) is 7.72. The van der Waals surface area contributed by atoms with Crippen LogP contribution in [-0.2, 0) is 19.1 Å². The van der Waals surface area contributed by atoms with E-state index in [1.807, 2.05) is 4.90 Å². The lowest BCUT2D eigenvalue weighted by Crippen LogP contribution is -2.53. The quantitative estimate of drug-likeness (QED) is 0.542. The molecule has 0 bridgehead atoms. The number of ether oxygens (including phenoxy) is 1. The van der Waals surface area contributed by atoms with E-state index in [4.69, 9.17) is 4.74 Å². The molecule has 2 amide bonds. The van der Waals surface area contributed by atoms with Crippen molar-refractivity contribution >= 4 is 23.9 Å². The van der Waals surface area contributed by atoms with Crippen molar-refractivity contribution in [3.05, 3.63) is 41.7 Å². The average Bonchev–Trinajstić information content (AvgIpc) is 3.36. The molecule has 2 aliphatic heterocycles. The van der Waals surface area contributed by atoms with Gasteiger partial charge >= 0.3 is 5.97 Å². The number of hydrogen-bond acceptors (Lipinski definition) is 4. The smallest absolute Gasteiger partial charge is 0.302 e. The number of halogens is 1. The monoisotopic (exact) mass is 402 g/mol. The van der Waals surface area contributed by atoms with Crippen LogP contribution in [-0.4, -0.2) is 59.4 Å². The van der Waals surface area contributed by atoms with Crippen LogP contribution in [0.5, 0.6) is 0 Å². The first-order valence-electron chi connectivity index (χ1n) is 10.1. The molecule has 156 valence electrons. The lowest BCUT2D eigenvalue weighted by Gasteiger charge is -2.38. The molecular weight excluding hydrogens is 375 g/mol. The maximum absolute atomic E-state index is 13.8. The van der Waals surface area contributed by atoms with E-state index < -0.39 is 17.3 Å². The fourth-order valence-electron chi connectivity index (χ4n) is 4.12. The van der Waals surface area contributed by atoms with Crippen molar-refractivity contribution in [2.75, 3.05) is 26.2 Å². The number of rotatable bonds is 6. The molecule has 1 aromatic carbocycles. The number of esters is 1. The van der Waals surface area contributed by atoms with Crippen LogP contribution in [0.4, 0.5) is 4.39 Å². The topological polar surface area (TPSA) is 66.9 Å². The molecule has 1 aromatic rings. The molecule has 3 rings (SSSR count). The summed E-state index contributed by atoms with van der Waals surface area (Å²) in [6.07, 6.45) is 6.15. The second kappa shape index (κ2) is 9.20. The second-order valence-electron chi connectivity index (χ2n) is 7.72. The molecule has 2 heterocycles. The van der Waals surface area contributed by atoms with Gasteiger partial charge in [-0.05, 0) is 37.8 Å². The molecule has 0 spiro atoms. The lowest BCUT2D eigenvalue weighted by molar-refractivity contribution is -0.151. The Labute approximate surface area is 170 Å². The Hall–Kier alpha value is -2.70. The van der Waals surface area contributed by atoms with Crippen LogP contribution in [0, 0.1) is 5.82 Å². The molecule has 7 heteroatoms. The van der Waals surface area contributed by atoms with Gasteiger partial charge in [0.2, 0.25) is 11.8 Å². The van der Waals surface area contributed by atoms with E-state index in [1.165, 1.54) is 25.1 Å². The Morgan fingerprint density at radius 2 is 1.86 bits per heavy atom. The molecule has 2 fully saturated rings. The number of benzene rings is 1. The van der Waals surface area contributed by atoms with E-state index in [0.717, 1.165) is 25.9 Å².